The monoisotopic (exact) mass is 358 g/mol. The van der Waals surface area contributed by atoms with E-state index in [1.807, 2.05) is 0 Å². The minimum absolute atomic E-state index is 0. The van der Waals surface area contributed by atoms with Gasteiger partial charge in [0.05, 0.1) is 6.04 Å². The van der Waals surface area contributed by atoms with E-state index in [1.54, 1.807) is 20.8 Å². The smallest absolute Gasteiger partial charge is 0.408 e. The Morgan fingerprint density at radius 1 is 1.24 bits per heavy atom. The van der Waals surface area contributed by atoms with Crippen LogP contribution >= 0.6 is 0 Å². The van der Waals surface area contributed by atoms with Crippen molar-refractivity contribution in [1.82, 2.24) is 10.2 Å². The van der Waals surface area contributed by atoms with Gasteiger partial charge in [0.25, 0.3) is 0 Å². The summed E-state index contributed by atoms with van der Waals surface area (Å²) in [6, 6.07) is -0.340. The fraction of sp³-hybridized carbons (Fsp3) is 0.737. The summed E-state index contributed by atoms with van der Waals surface area (Å²) >= 11 is 0. The van der Waals surface area contributed by atoms with Crippen molar-refractivity contribution in [3.05, 3.63) is 13.2 Å². The number of ketones is 1. The number of carbonyl (C=O) groups excluding carboxylic acids is 3. The van der Waals surface area contributed by atoms with E-state index in [-0.39, 0.29) is 25.7 Å². The van der Waals surface area contributed by atoms with Crippen LogP contribution in [0.5, 0.6) is 0 Å². The van der Waals surface area contributed by atoms with E-state index in [1.165, 1.54) is 11.8 Å². The van der Waals surface area contributed by atoms with Gasteiger partial charge in [-0.2, -0.15) is 0 Å². The molecule has 2 amide bonds. The highest BCUT2D eigenvalue weighted by Crippen LogP contribution is 2.17. The van der Waals surface area contributed by atoms with Crippen molar-refractivity contribution < 1.29 is 20.5 Å². The lowest BCUT2D eigenvalue weighted by atomic mass is 10.1. The molecular weight excluding hydrogens is 320 g/mol. The van der Waals surface area contributed by atoms with Gasteiger partial charge in [-0.1, -0.05) is 20.8 Å². The van der Waals surface area contributed by atoms with E-state index in [4.69, 9.17) is 4.74 Å². The maximum atomic E-state index is 11.9. The molecule has 0 bridgehead atoms. The second-order valence-electron chi connectivity index (χ2n) is 7.44. The molecule has 0 aromatic carbocycles. The molecule has 1 aliphatic heterocycles. The van der Waals surface area contributed by atoms with Gasteiger partial charge in [0.15, 0.2) is 5.78 Å². The second-order valence-corrected chi connectivity index (χ2v) is 7.44. The lowest BCUT2D eigenvalue weighted by Crippen LogP contribution is -2.45. The predicted octanol–water partition coefficient (Wildman–Crippen LogP) is 3.80. The number of hydrogen-bond donors (Lipinski definition) is 1. The molecule has 0 unspecified atom stereocenters. The molecule has 0 spiro atoms. The number of rotatable bonds is 3. The largest absolute Gasteiger partial charge is 0.444 e. The van der Waals surface area contributed by atoms with Gasteiger partial charge in [0.1, 0.15) is 12.1 Å². The second kappa shape index (κ2) is 12.5. The minimum Gasteiger partial charge on any atom is -0.444 e. The Bertz CT molecular complexity index is 431. The van der Waals surface area contributed by atoms with Crippen LogP contribution in [0.4, 0.5) is 4.79 Å². The van der Waals surface area contributed by atoms with Gasteiger partial charge >= 0.3 is 6.09 Å². The van der Waals surface area contributed by atoms with Crippen molar-refractivity contribution in [3.8, 4) is 0 Å². The van der Waals surface area contributed by atoms with Crippen molar-refractivity contribution in [3.63, 3.8) is 0 Å². The Balaban J connectivity index is -0.000000665. The summed E-state index contributed by atoms with van der Waals surface area (Å²) in [5.74, 6) is 0.576. The summed E-state index contributed by atoms with van der Waals surface area (Å²) in [7, 11) is 0. The van der Waals surface area contributed by atoms with E-state index in [0.717, 1.165) is 12.3 Å². The van der Waals surface area contributed by atoms with Crippen LogP contribution < -0.4 is 5.32 Å². The third kappa shape index (κ3) is 13.2. The van der Waals surface area contributed by atoms with Crippen LogP contribution in [0.1, 0.15) is 62.7 Å². The molecule has 1 saturated heterocycles. The molecule has 6 heteroatoms. The molecule has 0 saturated carbocycles. The number of likely N-dealkylation sites (tertiary alicyclic amines) is 1. The van der Waals surface area contributed by atoms with E-state index in [0.29, 0.717) is 13.0 Å². The van der Waals surface area contributed by atoms with Crippen LogP contribution in [0.2, 0.25) is 0 Å². The maximum Gasteiger partial charge on any atom is 0.408 e. The van der Waals surface area contributed by atoms with Crippen LogP contribution in [-0.4, -0.2) is 47.4 Å². The maximum absolute atomic E-state index is 11.9. The molecule has 1 rings (SSSR count). The zero-order valence-electron chi connectivity index (χ0n) is 17.0. The van der Waals surface area contributed by atoms with Crippen molar-refractivity contribution in [1.29, 1.82) is 0 Å². The van der Waals surface area contributed by atoms with Crippen LogP contribution in [0.3, 0.4) is 0 Å². The Kier molecular flexibility index (Phi) is 12.7. The highest BCUT2D eigenvalue weighted by atomic mass is 16.6. The zero-order valence-corrected chi connectivity index (χ0v) is 17.0. The molecule has 1 atom stereocenters. The van der Waals surface area contributed by atoms with Gasteiger partial charge in [0.2, 0.25) is 5.91 Å². The van der Waals surface area contributed by atoms with Crippen LogP contribution in [0.15, 0.2) is 13.2 Å². The lowest BCUT2D eigenvalue weighted by molar-refractivity contribution is -0.136. The molecule has 1 N–H and O–H groups in total. The molecule has 0 aromatic heterocycles. The normalized spacial score (nSPS) is 16.2. The first-order valence-corrected chi connectivity index (χ1v) is 8.70. The van der Waals surface area contributed by atoms with Gasteiger partial charge in [-0.3, -0.25) is 9.59 Å². The molecule has 1 heterocycles. The molecule has 1 fully saturated rings. The Morgan fingerprint density at radius 2 is 1.72 bits per heavy atom. The lowest BCUT2D eigenvalue weighted by Gasteiger charge is -2.23. The Hall–Kier alpha value is -1.85. The number of nitrogens with one attached hydrogen (secondary N) is 1. The number of alkyl carbamates (subject to hydrolysis) is 1. The zero-order chi connectivity index (χ0) is 20.2. The summed E-state index contributed by atoms with van der Waals surface area (Å²) in [6.45, 7) is 19.7. The van der Waals surface area contributed by atoms with Crippen molar-refractivity contribution >= 4 is 17.8 Å². The molecule has 0 radical (unpaired) electrons. The molecular formula is C19H38N2O4. The predicted molar refractivity (Wildman–Crippen MR) is 104 cm³/mol. The van der Waals surface area contributed by atoms with Gasteiger partial charge in [0, 0.05) is 7.97 Å². The molecule has 0 aliphatic carbocycles. The third-order valence-corrected chi connectivity index (χ3v) is 2.83. The summed E-state index contributed by atoms with van der Waals surface area (Å²) in [4.78, 5) is 36.3. The van der Waals surface area contributed by atoms with Gasteiger partial charge in [-0.15, -0.1) is 13.2 Å². The first kappa shape index (κ1) is 25.4. The van der Waals surface area contributed by atoms with E-state index in [9.17, 15) is 14.4 Å². The summed E-state index contributed by atoms with van der Waals surface area (Å²) in [5, 5.41) is 2.41. The van der Waals surface area contributed by atoms with Crippen molar-refractivity contribution in [2.45, 2.75) is 73.0 Å². The number of Topliss-reactive ketones (excluding diaryl/α,β-unsaturated/α-hetero) is 1. The summed E-state index contributed by atoms with van der Waals surface area (Å²) in [5.41, 5.74) is -0.595. The standard InChI is InChI=1S/C13H22N2O4.C4H10.C2H4.H2/c1-9(16)10-6-5-7-15(10)11(17)8-14-12(18)19-13(2,3)4;1-4(2)3;1-2;/h10H,5-8H2,1-4H3,(H,14,18);4H,1-3H3;1-2H2;1H/t10-;;;/m0.../s1. The Labute approximate surface area is 154 Å². The highest BCUT2D eigenvalue weighted by Gasteiger charge is 2.31. The molecule has 25 heavy (non-hydrogen) atoms. The SMILES string of the molecule is C=C.CC(=O)[C@@H]1CCCN1C(=O)CNC(=O)OC(C)(C)C.CC(C)C.[HH]. The topological polar surface area (TPSA) is 75.7 Å². The number of carbonyl (C=O) groups is 3. The van der Waals surface area contributed by atoms with Crippen LogP contribution in [-0.2, 0) is 14.3 Å². The first-order chi connectivity index (χ1) is 11.4. The average molecular weight is 359 g/mol. The fourth-order valence-electron chi connectivity index (χ4n) is 2.05. The number of hydrogen-bond acceptors (Lipinski definition) is 4. The van der Waals surface area contributed by atoms with E-state index < -0.39 is 11.7 Å². The summed E-state index contributed by atoms with van der Waals surface area (Å²) < 4.78 is 5.04. The number of ether oxygens (including phenoxy) is 1. The molecule has 0 aromatic rings. The van der Waals surface area contributed by atoms with E-state index in [2.05, 4.69) is 39.2 Å². The fourth-order valence-corrected chi connectivity index (χ4v) is 2.05. The summed E-state index contributed by atoms with van der Waals surface area (Å²) in [6.07, 6.45) is 0.898. The Morgan fingerprint density at radius 3 is 2.12 bits per heavy atom. The van der Waals surface area contributed by atoms with Crippen LogP contribution in [0.25, 0.3) is 0 Å². The minimum atomic E-state index is -0.626. The average Bonchev–Trinajstić information content (AvgIpc) is 2.94. The van der Waals surface area contributed by atoms with Crippen LogP contribution in [0, 0.1) is 5.92 Å². The number of amides is 2. The van der Waals surface area contributed by atoms with Gasteiger partial charge < -0.3 is 15.0 Å². The van der Waals surface area contributed by atoms with Gasteiger partial charge in [-0.05, 0) is 46.5 Å². The molecule has 6 nitrogen and oxygen atoms in total. The molecule has 1 aliphatic rings. The van der Waals surface area contributed by atoms with Crippen molar-refractivity contribution in [2.75, 3.05) is 13.1 Å². The van der Waals surface area contributed by atoms with Crippen molar-refractivity contribution in [2.24, 2.45) is 5.92 Å². The van der Waals surface area contributed by atoms with Gasteiger partial charge in [-0.25, -0.2) is 4.79 Å². The molecule has 148 valence electrons. The highest BCUT2D eigenvalue weighted by molar-refractivity contribution is 5.89. The number of nitrogens with zero attached hydrogens (tertiary/aromatic N) is 1. The first-order valence-electron chi connectivity index (χ1n) is 8.70. The van der Waals surface area contributed by atoms with E-state index >= 15 is 0 Å². The quantitative estimate of drug-likeness (QED) is 0.779. The third-order valence-electron chi connectivity index (χ3n) is 2.83.